The molecule has 7 heteroatoms. The molecule has 4 rings (SSSR count). The Balaban J connectivity index is 1.43. The molecule has 1 spiro atoms. The van der Waals surface area contributed by atoms with Crippen molar-refractivity contribution in [2.45, 2.75) is 88.7 Å². The van der Waals surface area contributed by atoms with Gasteiger partial charge in [-0.25, -0.2) is 5.01 Å². The molecule has 162 valence electrons. The van der Waals surface area contributed by atoms with Gasteiger partial charge in [-0.3, -0.25) is 15.0 Å². The smallest absolute Gasteiger partial charge is 0.158 e. The second-order valence-electron chi connectivity index (χ2n) is 9.96. The van der Waals surface area contributed by atoms with Gasteiger partial charge in [-0.1, -0.05) is 0 Å². The van der Waals surface area contributed by atoms with Gasteiger partial charge in [0, 0.05) is 34.9 Å². The van der Waals surface area contributed by atoms with Crippen LogP contribution in [0.4, 0.5) is 0 Å². The minimum absolute atomic E-state index is 0.0859. The second kappa shape index (κ2) is 8.35. The van der Waals surface area contributed by atoms with Crippen molar-refractivity contribution in [3.63, 3.8) is 0 Å². The highest BCUT2D eigenvalue weighted by Gasteiger charge is 2.46. The lowest BCUT2D eigenvalue weighted by Crippen LogP contribution is -2.55. The van der Waals surface area contributed by atoms with Gasteiger partial charge in [0.25, 0.3) is 0 Å². The van der Waals surface area contributed by atoms with E-state index in [1.165, 1.54) is 17.5 Å². The third-order valence-corrected chi connectivity index (χ3v) is 8.69. The number of nitrogens with zero attached hydrogens (tertiary/aromatic N) is 2. The Hall–Kier alpha value is -0.860. The van der Waals surface area contributed by atoms with Crippen LogP contribution >= 0.6 is 0 Å². The Kier molecular flexibility index (Phi) is 6.15. The molecular formula is C22H35N3O3S. The Morgan fingerprint density at radius 3 is 2.86 bits per heavy atom. The molecule has 0 aromatic carbocycles. The van der Waals surface area contributed by atoms with Gasteiger partial charge in [0.15, 0.2) is 6.29 Å². The maximum Gasteiger partial charge on any atom is 0.158 e. The number of hydrogen-bond donors (Lipinski definition) is 1. The summed E-state index contributed by atoms with van der Waals surface area (Å²) >= 11 is 0. The quantitative estimate of drug-likeness (QED) is 0.753. The Morgan fingerprint density at radius 1 is 1.34 bits per heavy atom. The van der Waals surface area contributed by atoms with E-state index in [4.69, 9.17) is 15.3 Å². The molecule has 1 aromatic rings. The molecule has 1 aromatic heterocycles. The molecule has 2 N–H and O–H groups in total. The molecule has 2 fully saturated rings. The van der Waals surface area contributed by atoms with Gasteiger partial charge in [-0.2, -0.15) is 0 Å². The summed E-state index contributed by atoms with van der Waals surface area (Å²) in [6.45, 7) is 8.19. The summed E-state index contributed by atoms with van der Waals surface area (Å²) < 4.78 is 24.4. The summed E-state index contributed by atoms with van der Waals surface area (Å²) in [5, 5.41) is 1.73. The first-order valence-corrected chi connectivity index (χ1v) is 12.1. The van der Waals surface area contributed by atoms with Crippen molar-refractivity contribution in [3.8, 4) is 0 Å². The van der Waals surface area contributed by atoms with E-state index in [1.54, 1.807) is 0 Å². The molecule has 0 bridgehead atoms. The number of ether oxygens (including phenoxy) is 2. The number of piperidine rings is 1. The van der Waals surface area contributed by atoms with E-state index in [-0.39, 0.29) is 21.8 Å². The number of aromatic nitrogens is 1. The molecule has 0 saturated carbocycles. The molecule has 0 radical (unpaired) electrons. The maximum absolute atomic E-state index is 13.1. The van der Waals surface area contributed by atoms with Crippen LogP contribution in [0.1, 0.15) is 69.7 Å². The average Bonchev–Trinajstić information content (AvgIpc) is 3.05. The molecule has 0 amide bonds. The molecule has 2 aliphatic heterocycles. The number of hydrazine groups is 1. The van der Waals surface area contributed by atoms with Crippen LogP contribution in [0.5, 0.6) is 0 Å². The first-order valence-electron chi connectivity index (χ1n) is 10.9. The van der Waals surface area contributed by atoms with E-state index in [2.05, 4.69) is 11.1 Å². The number of hydrogen-bond acceptors (Lipinski definition) is 6. The van der Waals surface area contributed by atoms with Crippen molar-refractivity contribution in [1.29, 1.82) is 0 Å². The first-order chi connectivity index (χ1) is 13.8. The van der Waals surface area contributed by atoms with Crippen LogP contribution in [0.25, 0.3) is 0 Å². The van der Waals surface area contributed by atoms with Crippen LogP contribution in [-0.2, 0) is 39.7 Å². The van der Waals surface area contributed by atoms with Gasteiger partial charge >= 0.3 is 0 Å². The average molecular weight is 422 g/mol. The SMILES string of the molecule is CC(C)(C)S(=O)[C@@H]1CC2(CCN1N)Cc1cnc(COC3CCCCO3)cc1C2. The lowest BCUT2D eigenvalue weighted by Gasteiger charge is -2.44. The molecule has 1 aliphatic carbocycles. The summed E-state index contributed by atoms with van der Waals surface area (Å²) in [6, 6.07) is 2.21. The van der Waals surface area contributed by atoms with Crippen molar-refractivity contribution in [2.75, 3.05) is 13.2 Å². The van der Waals surface area contributed by atoms with Gasteiger partial charge in [-0.05, 0) is 88.3 Å². The first kappa shape index (κ1) is 21.4. The summed E-state index contributed by atoms with van der Waals surface area (Å²) in [5.74, 6) is 6.27. The third-order valence-electron chi connectivity index (χ3n) is 6.55. The highest BCUT2D eigenvalue weighted by atomic mass is 32.2. The fourth-order valence-electron chi connectivity index (χ4n) is 4.90. The predicted molar refractivity (Wildman–Crippen MR) is 114 cm³/mol. The third kappa shape index (κ3) is 4.74. The second-order valence-corrected chi connectivity index (χ2v) is 12.3. The summed E-state index contributed by atoms with van der Waals surface area (Å²) in [7, 11) is -1.00. The van der Waals surface area contributed by atoms with Crippen molar-refractivity contribution < 1.29 is 13.7 Å². The molecule has 6 nitrogen and oxygen atoms in total. The predicted octanol–water partition coefficient (Wildman–Crippen LogP) is 3.05. The van der Waals surface area contributed by atoms with Gasteiger partial charge in [0.2, 0.25) is 0 Å². The monoisotopic (exact) mass is 421 g/mol. The summed E-state index contributed by atoms with van der Waals surface area (Å²) in [4.78, 5) is 4.65. The molecular weight excluding hydrogens is 386 g/mol. The van der Waals surface area contributed by atoms with E-state index in [0.29, 0.717) is 6.61 Å². The van der Waals surface area contributed by atoms with Crippen LogP contribution < -0.4 is 5.84 Å². The topological polar surface area (TPSA) is 77.7 Å². The Morgan fingerprint density at radius 2 is 2.14 bits per heavy atom. The minimum Gasteiger partial charge on any atom is -0.353 e. The molecule has 29 heavy (non-hydrogen) atoms. The van der Waals surface area contributed by atoms with E-state index >= 15 is 0 Å². The molecule has 3 aliphatic rings. The minimum atomic E-state index is -1.00. The zero-order valence-corrected chi connectivity index (χ0v) is 18.8. The zero-order chi connectivity index (χ0) is 20.6. The fourth-order valence-corrected chi connectivity index (χ4v) is 6.57. The molecule has 3 unspecified atom stereocenters. The van der Waals surface area contributed by atoms with E-state index < -0.39 is 10.8 Å². The summed E-state index contributed by atoms with van der Waals surface area (Å²) in [5.41, 5.74) is 3.82. The lowest BCUT2D eigenvalue weighted by molar-refractivity contribution is -0.169. The highest BCUT2D eigenvalue weighted by Crippen LogP contribution is 2.47. The van der Waals surface area contributed by atoms with Gasteiger partial charge < -0.3 is 9.47 Å². The Bertz CT molecular complexity index is 760. The van der Waals surface area contributed by atoms with Crippen LogP contribution in [0.3, 0.4) is 0 Å². The number of fused-ring (bicyclic) bond motifs is 1. The normalized spacial score (nSPS) is 31.7. The number of pyridine rings is 1. The van der Waals surface area contributed by atoms with Crippen LogP contribution in [0, 0.1) is 5.41 Å². The lowest BCUT2D eigenvalue weighted by atomic mass is 9.76. The van der Waals surface area contributed by atoms with E-state index in [9.17, 15) is 4.21 Å². The van der Waals surface area contributed by atoms with E-state index in [1.807, 2.05) is 32.0 Å². The number of nitrogens with two attached hydrogens (primary N) is 1. The fraction of sp³-hybridized carbons (Fsp3) is 0.773. The highest BCUT2D eigenvalue weighted by molar-refractivity contribution is 7.86. The van der Waals surface area contributed by atoms with E-state index in [0.717, 1.165) is 57.4 Å². The number of rotatable bonds is 4. The molecule has 3 heterocycles. The maximum atomic E-state index is 13.1. The van der Waals surface area contributed by atoms with Gasteiger partial charge in [-0.15, -0.1) is 0 Å². The van der Waals surface area contributed by atoms with Gasteiger partial charge in [0.05, 0.1) is 12.3 Å². The van der Waals surface area contributed by atoms with Crippen LogP contribution in [0.15, 0.2) is 12.3 Å². The largest absolute Gasteiger partial charge is 0.353 e. The van der Waals surface area contributed by atoms with Crippen molar-refractivity contribution >= 4 is 10.8 Å². The van der Waals surface area contributed by atoms with Crippen molar-refractivity contribution in [3.05, 3.63) is 29.1 Å². The zero-order valence-electron chi connectivity index (χ0n) is 18.0. The molecule has 4 atom stereocenters. The van der Waals surface area contributed by atoms with Crippen LogP contribution in [0.2, 0.25) is 0 Å². The standard InChI is InChI=1S/C22H35N3O3S/c1-21(2,3)29(26)19-13-22(7-8-25(19)23)11-16-10-18(24-14-17(16)12-22)15-28-20-6-4-5-9-27-20/h10,14,19-20H,4-9,11-13,15,23H2,1-3H3/t19-,20?,22?,29?/m1/s1. The van der Waals surface area contributed by atoms with Crippen molar-refractivity contribution in [2.24, 2.45) is 11.3 Å². The Labute approximate surface area is 177 Å². The summed E-state index contributed by atoms with van der Waals surface area (Å²) in [6.07, 6.45) is 9.14. The van der Waals surface area contributed by atoms with Crippen LogP contribution in [-0.4, -0.2) is 43.8 Å². The van der Waals surface area contributed by atoms with Gasteiger partial charge in [0.1, 0.15) is 5.37 Å². The van der Waals surface area contributed by atoms with Crippen molar-refractivity contribution in [1.82, 2.24) is 9.99 Å². The molecule has 2 saturated heterocycles.